The molecule has 2 rings (SSSR count). The Morgan fingerprint density at radius 2 is 1.84 bits per heavy atom. The molecule has 1 aliphatic rings. The summed E-state index contributed by atoms with van der Waals surface area (Å²) in [5.74, 6) is 0.143. The number of hydrogen-bond donors (Lipinski definition) is 0. The number of benzene rings is 1. The summed E-state index contributed by atoms with van der Waals surface area (Å²) in [7, 11) is 0. The molecule has 1 aliphatic heterocycles. The van der Waals surface area contributed by atoms with E-state index in [2.05, 4.69) is 24.8 Å². The number of nitrogens with zero attached hydrogens (tertiary/aromatic N) is 2. The lowest BCUT2D eigenvalue weighted by atomic mass is 9.82. The summed E-state index contributed by atoms with van der Waals surface area (Å²) in [5.41, 5.74) is 1.70. The third-order valence-corrected chi connectivity index (χ3v) is 3.91. The third kappa shape index (κ3) is 3.65. The van der Waals surface area contributed by atoms with E-state index >= 15 is 0 Å². The van der Waals surface area contributed by atoms with E-state index in [4.69, 9.17) is 5.26 Å². The fourth-order valence-electron chi connectivity index (χ4n) is 2.34. The Labute approximate surface area is 114 Å². The van der Waals surface area contributed by atoms with Gasteiger partial charge in [0.2, 0.25) is 0 Å². The van der Waals surface area contributed by atoms with E-state index in [-0.39, 0.29) is 5.78 Å². The van der Waals surface area contributed by atoms with Crippen molar-refractivity contribution in [1.82, 2.24) is 4.90 Å². The highest BCUT2D eigenvalue weighted by Gasteiger charge is 2.26. The van der Waals surface area contributed by atoms with Gasteiger partial charge in [-0.25, -0.2) is 0 Å². The van der Waals surface area contributed by atoms with E-state index in [1.54, 1.807) is 24.3 Å². The van der Waals surface area contributed by atoms with Crippen molar-refractivity contribution in [3.8, 4) is 6.07 Å². The van der Waals surface area contributed by atoms with Crippen LogP contribution in [0.25, 0.3) is 0 Å². The number of ketones is 1. The predicted octanol–water partition coefficient (Wildman–Crippen LogP) is 2.86. The van der Waals surface area contributed by atoms with E-state index in [0.717, 1.165) is 25.9 Å². The van der Waals surface area contributed by atoms with Crippen molar-refractivity contribution >= 4 is 5.78 Å². The van der Waals surface area contributed by atoms with E-state index in [1.807, 2.05) is 0 Å². The third-order valence-electron chi connectivity index (χ3n) is 3.91. The van der Waals surface area contributed by atoms with Crippen LogP contribution in [0.3, 0.4) is 0 Å². The zero-order valence-electron chi connectivity index (χ0n) is 11.6. The minimum Gasteiger partial charge on any atom is -0.296 e. The van der Waals surface area contributed by atoms with E-state index in [1.165, 1.54) is 0 Å². The quantitative estimate of drug-likeness (QED) is 0.781. The molecule has 1 saturated heterocycles. The molecule has 1 fully saturated rings. The van der Waals surface area contributed by atoms with Gasteiger partial charge in [0.15, 0.2) is 5.78 Å². The first-order valence-electron chi connectivity index (χ1n) is 6.76. The number of carbonyl (C=O) groups excluding carboxylic acids is 1. The molecule has 0 N–H and O–H groups in total. The summed E-state index contributed by atoms with van der Waals surface area (Å²) in [6.45, 7) is 7.05. The van der Waals surface area contributed by atoms with E-state index in [9.17, 15) is 4.79 Å². The molecular weight excluding hydrogens is 236 g/mol. The monoisotopic (exact) mass is 256 g/mol. The fourth-order valence-corrected chi connectivity index (χ4v) is 2.34. The Kier molecular flexibility index (Phi) is 4.01. The maximum atomic E-state index is 12.1. The van der Waals surface area contributed by atoms with Crippen molar-refractivity contribution in [1.29, 1.82) is 5.26 Å². The molecule has 0 spiro atoms. The molecule has 0 aliphatic carbocycles. The summed E-state index contributed by atoms with van der Waals surface area (Å²) in [6.07, 6.45) is 2.29. The number of likely N-dealkylation sites (tertiary alicyclic amines) is 1. The Balaban J connectivity index is 1.92. The number of Topliss-reactive ketones (excluding diaryl/α,β-unsaturated/α-hetero) is 1. The summed E-state index contributed by atoms with van der Waals surface area (Å²) < 4.78 is 0. The SMILES string of the molecule is CC1(C)CCN(CC(=O)c2ccc(C#N)cc2)CC1. The average Bonchev–Trinajstić information content (AvgIpc) is 2.41. The second kappa shape index (κ2) is 5.54. The number of nitriles is 1. The molecule has 3 nitrogen and oxygen atoms in total. The molecule has 1 aromatic rings. The molecule has 0 bridgehead atoms. The van der Waals surface area contributed by atoms with Crippen LogP contribution in [0.2, 0.25) is 0 Å². The summed E-state index contributed by atoms with van der Waals surface area (Å²) >= 11 is 0. The van der Waals surface area contributed by atoms with Gasteiger partial charge in [0.05, 0.1) is 18.2 Å². The number of rotatable bonds is 3. The van der Waals surface area contributed by atoms with Crippen LogP contribution in [0.15, 0.2) is 24.3 Å². The van der Waals surface area contributed by atoms with Gasteiger partial charge in [-0.3, -0.25) is 9.69 Å². The zero-order chi connectivity index (χ0) is 13.9. The highest BCUT2D eigenvalue weighted by molar-refractivity contribution is 5.97. The standard InChI is InChI=1S/C16H20N2O/c1-16(2)7-9-18(10-8-16)12-15(19)14-5-3-13(11-17)4-6-14/h3-6H,7-10,12H2,1-2H3. The van der Waals surface area contributed by atoms with Gasteiger partial charge in [-0.1, -0.05) is 26.0 Å². The number of piperidine rings is 1. The van der Waals surface area contributed by atoms with Crippen LogP contribution in [0.1, 0.15) is 42.6 Å². The van der Waals surface area contributed by atoms with Crippen molar-refractivity contribution in [3.05, 3.63) is 35.4 Å². The van der Waals surface area contributed by atoms with Crippen LogP contribution >= 0.6 is 0 Å². The maximum absolute atomic E-state index is 12.1. The number of carbonyl (C=O) groups is 1. The molecule has 0 aromatic heterocycles. The van der Waals surface area contributed by atoms with Crippen molar-refractivity contribution in [3.63, 3.8) is 0 Å². The van der Waals surface area contributed by atoms with Crippen molar-refractivity contribution in [2.75, 3.05) is 19.6 Å². The van der Waals surface area contributed by atoms with Gasteiger partial charge in [0, 0.05) is 5.56 Å². The van der Waals surface area contributed by atoms with Gasteiger partial charge in [-0.05, 0) is 43.5 Å². The molecule has 0 radical (unpaired) electrons. The Morgan fingerprint density at radius 1 is 1.26 bits per heavy atom. The second-order valence-electron chi connectivity index (χ2n) is 6.05. The molecule has 1 aromatic carbocycles. The molecule has 0 atom stereocenters. The minimum absolute atomic E-state index is 0.143. The first-order valence-corrected chi connectivity index (χ1v) is 6.76. The van der Waals surface area contributed by atoms with Crippen LogP contribution in [0.5, 0.6) is 0 Å². The summed E-state index contributed by atoms with van der Waals surface area (Å²) in [4.78, 5) is 14.4. The normalized spacial score (nSPS) is 18.8. The average molecular weight is 256 g/mol. The Bertz CT molecular complexity index is 486. The lowest BCUT2D eigenvalue weighted by molar-refractivity contribution is 0.0845. The van der Waals surface area contributed by atoms with E-state index < -0.39 is 0 Å². The fraction of sp³-hybridized carbons (Fsp3) is 0.500. The van der Waals surface area contributed by atoms with Crippen LogP contribution in [0.4, 0.5) is 0 Å². The molecule has 3 heteroatoms. The van der Waals surface area contributed by atoms with Gasteiger partial charge in [0.25, 0.3) is 0 Å². The smallest absolute Gasteiger partial charge is 0.176 e. The van der Waals surface area contributed by atoms with E-state index in [0.29, 0.717) is 23.1 Å². The van der Waals surface area contributed by atoms with Crippen LogP contribution in [0, 0.1) is 16.7 Å². The Hall–Kier alpha value is -1.66. The van der Waals surface area contributed by atoms with Crippen LogP contribution in [-0.4, -0.2) is 30.3 Å². The molecule has 0 unspecified atom stereocenters. The molecule has 1 heterocycles. The lowest BCUT2D eigenvalue weighted by Crippen LogP contribution is -2.40. The topological polar surface area (TPSA) is 44.1 Å². The molecule has 0 saturated carbocycles. The molecule has 0 amide bonds. The van der Waals surface area contributed by atoms with Gasteiger partial charge >= 0.3 is 0 Å². The largest absolute Gasteiger partial charge is 0.296 e. The highest BCUT2D eigenvalue weighted by Crippen LogP contribution is 2.29. The summed E-state index contributed by atoms with van der Waals surface area (Å²) in [6, 6.07) is 8.95. The van der Waals surface area contributed by atoms with Gasteiger partial charge < -0.3 is 0 Å². The van der Waals surface area contributed by atoms with Crippen LogP contribution in [-0.2, 0) is 0 Å². The Morgan fingerprint density at radius 3 is 2.37 bits per heavy atom. The summed E-state index contributed by atoms with van der Waals surface area (Å²) in [5, 5.41) is 8.73. The minimum atomic E-state index is 0.143. The zero-order valence-corrected chi connectivity index (χ0v) is 11.6. The molecular formula is C16H20N2O. The lowest BCUT2D eigenvalue weighted by Gasteiger charge is -2.36. The van der Waals surface area contributed by atoms with Crippen molar-refractivity contribution in [2.24, 2.45) is 5.41 Å². The first-order chi connectivity index (χ1) is 9.00. The van der Waals surface area contributed by atoms with Crippen molar-refractivity contribution in [2.45, 2.75) is 26.7 Å². The predicted molar refractivity (Wildman–Crippen MR) is 74.9 cm³/mol. The first kappa shape index (κ1) is 13.8. The second-order valence-corrected chi connectivity index (χ2v) is 6.05. The maximum Gasteiger partial charge on any atom is 0.176 e. The molecule has 19 heavy (non-hydrogen) atoms. The van der Waals surface area contributed by atoms with Gasteiger partial charge in [-0.2, -0.15) is 5.26 Å². The highest BCUT2D eigenvalue weighted by atomic mass is 16.1. The van der Waals surface area contributed by atoms with Gasteiger partial charge in [0.1, 0.15) is 0 Å². The number of hydrogen-bond acceptors (Lipinski definition) is 3. The van der Waals surface area contributed by atoms with Crippen molar-refractivity contribution < 1.29 is 4.79 Å². The van der Waals surface area contributed by atoms with Gasteiger partial charge in [-0.15, -0.1) is 0 Å². The van der Waals surface area contributed by atoms with Crippen LogP contribution < -0.4 is 0 Å². The molecule has 100 valence electrons.